The first-order chi connectivity index (χ1) is 25.6. The van der Waals surface area contributed by atoms with Crippen molar-refractivity contribution in [2.75, 3.05) is 37.8 Å². The Hall–Kier alpha value is -4.11. The van der Waals surface area contributed by atoms with E-state index in [2.05, 4.69) is 11.5 Å². The quantitative estimate of drug-likeness (QED) is 0.0995. The zero-order valence-electron chi connectivity index (χ0n) is 31.1. The fourth-order valence-corrected chi connectivity index (χ4v) is 10.9. The third-order valence-corrected chi connectivity index (χ3v) is 13.3. The van der Waals surface area contributed by atoms with Crippen molar-refractivity contribution in [2.45, 2.75) is 90.3 Å². The van der Waals surface area contributed by atoms with Crippen LogP contribution in [0.3, 0.4) is 0 Å². The lowest BCUT2D eigenvalue weighted by Crippen LogP contribution is -2.85. The molecule has 0 radical (unpaired) electrons. The van der Waals surface area contributed by atoms with E-state index in [1.807, 2.05) is 33.8 Å². The second-order valence-electron chi connectivity index (χ2n) is 16.1. The number of carbonyl (C=O) groups is 4. The van der Waals surface area contributed by atoms with Crippen molar-refractivity contribution >= 4 is 40.3 Å². The van der Waals surface area contributed by atoms with Crippen LogP contribution in [-0.4, -0.2) is 96.0 Å². The number of hydrogen-bond acceptors (Lipinski definition) is 14. The molecule has 8 rings (SSSR count). The number of Topliss-reactive ketones (excluding diaryl/α,β-unsaturated/α-hetero) is 1. The number of anilines is 1. The molecule has 6 fully saturated rings. The van der Waals surface area contributed by atoms with Gasteiger partial charge in [0.05, 0.1) is 25.6 Å². The number of nitrogens with zero attached hydrogens (tertiary/aromatic N) is 1. The minimum Gasteiger partial charge on any atom is -0.462 e. The van der Waals surface area contributed by atoms with Crippen LogP contribution in [-0.2, 0) is 33.3 Å². The Balaban J connectivity index is 0.967. The number of hydrogen-bond donors (Lipinski definition) is 3. The van der Waals surface area contributed by atoms with Crippen molar-refractivity contribution in [3.05, 3.63) is 52.4 Å². The summed E-state index contributed by atoms with van der Waals surface area (Å²) in [5.74, 6) is -7.38. The number of ketones is 1. The van der Waals surface area contributed by atoms with Crippen LogP contribution >= 0.6 is 0 Å². The zero-order valence-corrected chi connectivity index (χ0v) is 31.1. The Morgan fingerprint density at radius 3 is 2.41 bits per heavy atom. The van der Waals surface area contributed by atoms with Gasteiger partial charge in [-0.2, -0.15) is 0 Å². The first-order valence-electron chi connectivity index (χ1n) is 18.9. The van der Waals surface area contributed by atoms with Gasteiger partial charge in [0.2, 0.25) is 5.79 Å². The van der Waals surface area contributed by atoms with E-state index in [9.17, 15) is 39.3 Å². The molecule has 2 aromatic rings. The molecule has 2 aliphatic heterocycles. The Morgan fingerprint density at radius 2 is 1.69 bits per heavy atom. The first-order valence-corrected chi connectivity index (χ1v) is 18.9. The van der Waals surface area contributed by atoms with Crippen molar-refractivity contribution in [1.82, 2.24) is 0 Å². The SMILES string of the molecule is C=C1C(=O)[C@]23[C@H](OC(=O)CCC(=O)OCCOC(=O)c4cc5ccc(N(CC)CC)cc5oc4=O)[C@H]1CC[C@H]2[C@@]12CO[C@@]3(O)[C@@H](O)[C@@H]1C(C)(C)CC[C@@H]2O. The van der Waals surface area contributed by atoms with Crippen molar-refractivity contribution in [1.29, 1.82) is 0 Å². The Kier molecular flexibility index (Phi) is 9.60. The van der Waals surface area contributed by atoms with Gasteiger partial charge in [-0.05, 0) is 74.6 Å². The summed E-state index contributed by atoms with van der Waals surface area (Å²) in [4.78, 5) is 67.5. The molecular formula is C40H49NO13. The molecule has 14 heteroatoms. The van der Waals surface area contributed by atoms with E-state index in [1.165, 1.54) is 6.07 Å². The average molecular weight is 752 g/mol. The number of aliphatic hydroxyl groups is 3. The molecule has 4 saturated carbocycles. The van der Waals surface area contributed by atoms with Crippen LogP contribution in [0.2, 0.25) is 0 Å². The van der Waals surface area contributed by atoms with Gasteiger partial charge in [-0.15, -0.1) is 0 Å². The van der Waals surface area contributed by atoms with Gasteiger partial charge < -0.3 is 43.6 Å². The highest BCUT2D eigenvalue weighted by Crippen LogP contribution is 2.76. The Morgan fingerprint density at radius 1 is 0.981 bits per heavy atom. The maximum Gasteiger partial charge on any atom is 0.351 e. The summed E-state index contributed by atoms with van der Waals surface area (Å²) in [7, 11) is 0. The maximum absolute atomic E-state index is 14.2. The summed E-state index contributed by atoms with van der Waals surface area (Å²) in [6, 6.07) is 6.73. The van der Waals surface area contributed by atoms with Crippen molar-refractivity contribution in [3.8, 4) is 0 Å². The van der Waals surface area contributed by atoms with E-state index in [-0.39, 0.29) is 31.0 Å². The number of aliphatic hydroxyl groups excluding tert-OH is 2. The number of esters is 3. The van der Waals surface area contributed by atoms with Gasteiger partial charge in [-0.1, -0.05) is 20.4 Å². The van der Waals surface area contributed by atoms with Crippen LogP contribution < -0.4 is 10.5 Å². The van der Waals surface area contributed by atoms with Crippen LogP contribution in [0, 0.1) is 34.0 Å². The highest BCUT2D eigenvalue weighted by atomic mass is 16.7. The van der Waals surface area contributed by atoms with Crippen LogP contribution in [0.25, 0.3) is 11.0 Å². The molecule has 4 bridgehead atoms. The topological polar surface area (TPSA) is 199 Å². The number of rotatable bonds is 11. The lowest BCUT2D eigenvalue weighted by molar-refractivity contribution is -0.458. The van der Waals surface area contributed by atoms with Gasteiger partial charge in [0, 0.05) is 47.5 Å². The van der Waals surface area contributed by atoms with E-state index in [1.54, 1.807) is 12.1 Å². The summed E-state index contributed by atoms with van der Waals surface area (Å²) in [5, 5.41) is 36.3. The van der Waals surface area contributed by atoms with E-state index in [0.717, 1.165) is 18.8 Å². The Bertz CT molecular complexity index is 1950. The largest absolute Gasteiger partial charge is 0.462 e. The van der Waals surface area contributed by atoms with E-state index in [0.29, 0.717) is 36.7 Å². The number of carbonyl (C=O) groups excluding carboxylic acids is 4. The lowest BCUT2D eigenvalue weighted by Gasteiger charge is -2.74. The lowest BCUT2D eigenvalue weighted by atomic mass is 9.35. The molecule has 14 nitrogen and oxygen atoms in total. The van der Waals surface area contributed by atoms with E-state index < -0.39 is 100 Å². The second kappa shape index (κ2) is 13.6. The molecule has 3 heterocycles. The smallest absolute Gasteiger partial charge is 0.351 e. The monoisotopic (exact) mass is 751 g/mol. The molecule has 6 aliphatic rings. The zero-order chi connectivity index (χ0) is 39.0. The van der Waals surface area contributed by atoms with Gasteiger partial charge in [-0.25, -0.2) is 9.59 Å². The molecular weight excluding hydrogens is 702 g/mol. The molecule has 3 N–H and O–H groups in total. The molecule has 9 atom stereocenters. The summed E-state index contributed by atoms with van der Waals surface area (Å²) >= 11 is 0. The number of fused-ring (bicyclic) bond motifs is 3. The Labute approximate surface area is 312 Å². The molecule has 1 aromatic carbocycles. The third kappa shape index (κ3) is 5.38. The van der Waals surface area contributed by atoms with E-state index >= 15 is 0 Å². The molecule has 0 unspecified atom stereocenters. The van der Waals surface area contributed by atoms with Crippen molar-refractivity contribution in [3.63, 3.8) is 0 Å². The molecule has 2 spiro atoms. The molecule has 2 saturated heterocycles. The van der Waals surface area contributed by atoms with Gasteiger partial charge in [0.25, 0.3) is 0 Å². The number of benzene rings is 1. The predicted molar refractivity (Wildman–Crippen MR) is 191 cm³/mol. The number of ether oxygens (including phenoxy) is 4. The molecule has 0 amide bonds. The second-order valence-corrected chi connectivity index (χ2v) is 16.1. The van der Waals surface area contributed by atoms with Gasteiger partial charge in [0.1, 0.15) is 42.0 Å². The standard InChI is InChI=1S/C40H49NO13/c1-6-41(7-2)23-9-8-22-18-25(36(48)53-26(22)19-23)35(47)51-17-16-50-29(43)12-13-30(44)54-34-24-10-11-27-38-20-52-40(49,39(27,34)32(45)21(24)3)33(46)31(38)37(4,5)15-14-28(38)42/h8-9,18-19,24,27-28,31,33-34,42,46,49H,3,6-7,10-17,20H2,1-2,4-5H3/t24-,27-,28-,31+,33-,34+,38+,39-,40-/m0/s1. The van der Waals surface area contributed by atoms with Crippen LogP contribution in [0.5, 0.6) is 0 Å². The summed E-state index contributed by atoms with van der Waals surface area (Å²) in [6.07, 6.45) is -2.64. The fraction of sp³-hybridized carbons (Fsp3) is 0.625. The predicted octanol–water partition coefficient (Wildman–Crippen LogP) is 3.06. The molecule has 4 aliphatic carbocycles. The summed E-state index contributed by atoms with van der Waals surface area (Å²) in [6.45, 7) is 12.8. The van der Waals surface area contributed by atoms with E-state index in [4.69, 9.17) is 23.4 Å². The average Bonchev–Trinajstić information content (AvgIpc) is 3.25. The third-order valence-electron chi connectivity index (χ3n) is 13.3. The van der Waals surface area contributed by atoms with Crippen LogP contribution in [0.4, 0.5) is 5.69 Å². The highest BCUT2D eigenvalue weighted by molar-refractivity contribution is 6.05. The summed E-state index contributed by atoms with van der Waals surface area (Å²) in [5.41, 5.74) is -3.23. The van der Waals surface area contributed by atoms with Crippen LogP contribution in [0.15, 0.2) is 45.6 Å². The minimum absolute atomic E-state index is 0.0535. The van der Waals surface area contributed by atoms with Gasteiger partial charge in [-0.3, -0.25) is 14.4 Å². The fourth-order valence-electron chi connectivity index (χ4n) is 10.9. The van der Waals surface area contributed by atoms with Crippen molar-refractivity contribution in [2.24, 2.45) is 34.0 Å². The first kappa shape index (κ1) is 38.2. The van der Waals surface area contributed by atoms with Crippen molar-refractivity contribution < 1.29 is 57.9 Å². The molecule has 54 heavy (non-hydrogen) atoms. The van der Waals surface area contributed by atoms with Crippen LogP contribution in [0.1, 0.15) is 76.6 Å². The minimum atomic E-state index is -2.39. The highest BCUT2D eigenvalue weighted by Gasteiger charge is 2.87. The molecule has 292 valence electrons. The maximum atomic E-state index is 14.2. The molecule has 1 aromatic heterocycles. The normalized spacial score (nSPS) is 34.6. The summed E-state index contributed by atoms with van der Waals surface area (Å²) < 4.78 is 27.7. The van der Waals surface area contributed by atoms with Gasteiger partial charge >= 0.3 is 23.5 Å². The van der Waals surface area contributed by atoms with Gasteiger partial charge in [0.15, 0.2) is 5.78 Å².